The molecule has 1 aromatic heterocycles. The molecule has 2 aromatic carbocycles. The molecule has 3 N–H and O–H groups in total. The van der Waals surface area contributed by atoms with Crippen molar-refractivity contribution >= 4 is 23.4 Å². The average molecular weight is 403 g/mol. The molecule has 1 heterocycles. The van der Waals surface area contributed by atoms with Gasteiger partial charge in [0.2, 0.25) is 11.1 Å². The smallest absolute Gasteiger partial charge is 0.234 e. The molecule has 10 heteroatoms. The third-order valence-electron chi connectivity index (χ3n) is 3.60. The predicted molar refractivity (Wildman–Crippen MR) is 103 cm³/mol. The van der Waals surface area contributed by atoms with Crippen LogP contribution in [0.2, 0.25) is 0 Å². The quantitative estimate of drug-likeness (QED) is 0.440. The number of nitrogens with one attached hydrogen (secondary N) is 1. The van der Waals surface area contributed by atoms with Crippen molar-refractivity contribution in [2.45, 2.75) is 11.8 Å². The van der Waals surface area contributed by atoms with Gasteiger partial charge in [0.05, 0.1) is 12.9 Å². The van der Waals surface area contributed by atoms with Crippen molar-refractivity contribution in [3.05, 3.63) is 60.2 Å². The molecule has 28 heavy (non-hydrogen) atoms. The van der Waals surface area contributed by atoms with Crippen molar-refractivity contribution in [1.29, 1.82) is 0 Å². The number of nitrogens with zero attached hydrogens (tertiary/aromatic N) is 3. The van der Waals surface area contributed by atoms with E-state index in [0.717, 1.165) is 11.8 Å². The summed E-state index contributed by atoms with van der Waals surface area (Å²) in [5, 5.41) is 11.1. The number of halogens is 1. The number of carbonyl (C=O) groups is 1. The number of thioether (sulfide) groups is 1. The molecule has 0 fully saturated rings. The molecule has 0 aliphatic heterocycles. The Hall–Kier alpha value is -3.27. The first-order valence-corrected chi connectivity index (χ1v) is 9.18. The highest BCUT2D eigenvalue weighted by Gasteiger charge is 2.13. The number of anilines is 1. The number of methoxy groups -OCH3 is 1. The zero-order chi connectivity index (χ0) is 19.9. The summed E-state index contributed by atoms with van der Waals surface area (Å²) in [6.45, 7) is 0.0612. The number of nitrogen functional groups attached to an aromatic ring is 1. The highest BCUT2D eigenvalue weighted by Crippen LogP contribution is 2.19. The fourth-order valence-electron chi connectivity index (χ4n) is 2.21. The highest BCUT2D eigenvalue weighted by molar-refractivity contribution is 7.99. The van der Waals surface area contributed by atoms with E-state index >= 15 is 0 Å². The largest absolute Gasteiger partial charge is 0.497 e. The lowest BCUT2D eigenvalue weighted by Crippen LogP contribution is -2.18. The molecule has 0 bridgehead atoms. The zero-order valence-corrected chi connectivity index (χ0v) is 15.8. The predicted octanol–water partition coefficient (Wildman–Crippen LogP) is 2.45. The molecule has 0 saturated heterocycles. The monoisotopic (exact) mass is 403 g/mol. The van der Waals surface area contributed by atoms with Crippen LogP contribution >= 0.6 is 11.8 Å². The summed E-state index contributed by atoms with van der Waals surface area (Å²) in [4.78, 5) is 12.1. The minimum atomic E-state index is -0.347. The first-order valence-electron chi connectivity index (χ1n) is 8.19. The van der Waals surface area contributed by atoms with E-state index in [1.54, 1.807) is 31.4 Å². The number of hydrogen-bond donors (Lipinski definition) is 2. The number of rotatable bonds is 8. The molecule has 0 unspecified atom stereocenters. The Morgan fingerprint density at radius 2 is 2.00 bits per heavy atom. The molecular formula is C18H18FN5O3S. The van der Waals surface area contributed by atoms with E-state index < -0.39 is 0 Å². The minimum absolute atomic E-state index is 0.0612. The van der Waals surface area contributed by atoms with Gasteiger partial charge in [-0.1, -0.05) is 17.8 Å². The molecule has 8 nitrogen and oxygen atoms in total. The number of ether oxygens (including phenoxy) is 2. The molecule has 0 aliphatic rings. The van der Waals surface area contributed by atoms with Crippen LogP contribution in [0.4, 0.5) is 10.1 Å². The summed E-state index contributed by atoms with van der Waals surface area (Å²) >= 11 is 1.14. The van der Waals surface area contributed by atoms with Crippen LogP contribution in [0.1, 0.15) is 5.82 Å². The SMILES string of the molecule is COc1cccc(NC(=O)CSc2nnc(COc3ccc(F)cc3)n2N)c1. The van der Waals surface area contributed by atoms with Gasteiger partial charge in [0.25, 0.3) is 0 Å². The summed E-state index contributed by atoms with van der Waals surface area (Å²) in [5.74, 6) is 7.00. The van der Waals surface area contributed by atoms with Crippen LogP contribution < -0.4 is 20.6 Å². The lowest BCUT2D eigenvalue weighted by atomic mass is 10.3. The van der Waals surface area contributed by atoms with E-state index in [1.165, 1.54) is 28.9 Å². The molecule has 0 aliphatic carbocycles. The molecule has 3 rings (SSSR count). The number of nitrogens with two attached hydrogens (primary N) is 1. The van der Waals surface area contributed by atoms with Gasteiger partial charge >= 0.3 is 0 Å². The first-order chi connectivity index (χ1) is 13.5. The third kappa shape index (κ3) is 5.13. The summed E-state index contributed by atoms with van der Waals surface area (Å²) in [5.41, 5.74) is 0.632. The maximum absolute atomic E-state index is 12.9. The maximum Gasteiger partial charge on any atom is 0.234 e. The highest BCUT2D eigenvalue weighted by atomic mass is 32.2. The summed E-state index contributed by atoms with van der Waals surface area (Å²) < 4.78 is 24.8. The van der Waals surface area contributed by atoms with Crippen LogP contribution in [0.5, 0.6) is 11.5 Å². The molecule has 3 aromatic rings. The summed E-state index contributed by atoms with van der Waals surface area (Å²) in [7, 11) is 1.56. The van der Waals surface area contributed by atoms with Gasteiger partial charge in [-0.3, -0.25) is 4.79 Å². The standard InChI is InChI=1S/C18H18FN5O3S/c1-26-15-4-2-3-13(9-15)21-17(25)11-28-18-23-22-16(24(18)20)10-27-14-7-5-12(19)6-8-14/h2-9H,10-11,20H2,1H3,(H,21,25). The van der Waals surface area contributed by atoms with Gasteiger partial charge in [-0.15, -0.1) is 10.2 Å². The minimum Gasteiger partial charge on any atom is -0.497 e. The van der Waals surface area contributed by atoms with Gasteiger partial charge in [0.1, 0.15) is 23.9 Å². The summed E-state index contributed by atoms with van der Waals surface area (Å²) in [6, 6.07) is 12.7. The molecule has 0 radical (unpaired) electrons. The Morgan fingerprint density at radius 1 is 1.21 bits per heavy atom. The van der Waals surface area contributed by atoms with Crippen molar-refractivity contribution in [2.75, 3.05) is 24.0 Å². The maximum atomic E-state index is 12.9. The van der Waals surface area contributed by atoms with Crippen LogP contribution in [-0.4, -0.2) is 33.6 Å². The Morgan fingerprint density at radius 3 is 2.75 bits per heavy atom. The Balaban J connectivity index is 1.52. The molecular weight excluding hydrogens is 385 g/mol. The Labute approximate surface area is 164 Å². The van der Waals surface area contributed by atoms with E-state index in [0.29, 0.717) is 28.2 Å². The van der Waals surface area contributed by atoms with Crippen molar-refractivity contribution in [1.82, 2.24) is 14.9 Å². The van der Waals surface area contributed by atoms with Gasteiger partial charge < -0.3 is 20.6 Å². The fourth-order valence-corrected chi connectivity index (χ4v) is 2.89. The normalized spacial score (nSPS) is 10.5. The number of hydrogen-bond acceptors (Lipinski definition) is 7. The van der Waals surface area contributed by atoms with Crippen LogP contribution in [0.3, 0.4) is 0 Å². The van der Waals surface area contributed by atoms with Gasteiger partial charge in [0.15, 0.2) is 5.82 Å². The zero-order valence-electron chi connectivity index (χ0n) is 15.0. The van der Waals surface area contributed by atoms with Gasteiger partial charge in [0, 0.05) is 11.8 Å². The van der Waals surface area contributed by atoms with E-state index in [1.807, 2.05) is 0 Å². The van der Waals surface area contributed by atoms with E-state index in [4.69, 9.17) is 15.3 Å². The second-order valence-electron chi connectivity index (χ2n) is 5.58. The van der Waals surface area contributed by atoms with Gasteiger partial charge in [-0.05, 0) is 36.4 Å². The van der Waals surface area contributed by atoms with Crippen molar-refractivity contribution < 1.29 is 18.7 Å². The van der Waals surface area contributed by atoms with E-state index in [9.17, 15) is 9.18 Å². The van der Waals surface area contributed by atoms with Crippen LogP contribution in [0.25, 0.3) is 0 Å². The Bertz CT molecular complexity index is 949. The van der Waals surface area contributed by atoms with Gasteiger partial charge in [-0.2, -0.15) is 0 Å². The molecule has 1 amide bonds. The lowest BCUT2D eigenvalue weighted by molar-refractivity contribution is -0.113. The van der Waals surface area contributed by atoms with Crippen LogP contribution in [-0.2, 0) is 11.4 Å². The summed E-state index contributed by atoms with van der Waals surface area (Å²) in [6.07, 6.45) is 0. The van der Waals surface area contributed by atoms with E-state index in [2.05, 4.69) is 15.5 Å². The third-order valence-corrected chi connectivity index (χ3v) is 4.55. The second-order valence-corrected chi connectivity index (χ2v) is 6.52. The first kappa shape index (κ1) is 19.5. The molecule has 146 valence electrons. The van der Waals surface area contributed by atoms with Crippen LogP contribution in [0, 0.1) is 5.82 Å². The molecule has 0 atom stereocenters. The van der Waals surface area contributed by atoms with E-state index in [-0.39, 0.29) is 24.1 Å². The number of carbonyl (C=O) groups excluding carboxylic acids is 1. The molecule has 0 saturated carbocycles. The molecule has 0 spiro atoms. The van der Waals surface area contributed by atoms with Crippen LogP contribution in [0.15, 0.2) is 53.7 Å². The number of aromatic nitrogens is 3. The number of amides is 1. The van der Waals surface area contributed by atoms with Gasteiger partial charge in [-0.25, -0.2) is 9.07 Å². The average Bonchev–Trinajstić information content (AvgIpc) is 3.05. The fraction of sp³-hybridized carbons (Fsp3) is 0.167. The topological polar surface area (TPSA) is 104 Å². The number of benzene rings is 2. The lowest BCUT2D eigenvalue weighted by Gasteiger charge is -2.07. The second kappa shape index (κ2) is 9.09. The van der Waals surface area contributed by atoms with Crippen molar-refractivity contribution in [3.8, 4) is 11.5 Å². The van der Waals surface area contributed by atoms with Crippen molar-refractivity contribution in [2.24, 2.45) is 0 Å². The van der Waals surface area contributed by atoms with Crippen molar-refractivity contribution in [3.63, 3.8) is 0 Å². The Kier molecular flexibility index (Phi) is 6.33.